The fourth-order valence-electron chi connectivity index (χ4n) is 2.12. The van der Waals surface area contributed by atoms with Crippen LogP contribution in [0.1, 0.15) is 19.3 Å². The molecule has 0 atom stereocenters. The van der Waals surface area contributed by atoms with Gasteiger partial charge in [-0.15, -0.1) is 0 Å². The number of rotatable bonds is 13. The number of aliphatic hydroxyl groups is 1. The van der Waals surface area contributed by atoms with Crippen molar-refractivity contribution in [3.8, 4) is 5.75 Å². The number of hydrogen-bond donors (Lipinski definition) is 1. The molecule has 140 valence electrons. The molecule has 0 aromatic heterocycles. The predicted molar refractivity (Wildman–Crippen MR) is 92.3 cm³/mol. The van der Waals surface area contributed by atoms with Gasteiger partial charge in [0, 0.05) is 19.5 Å². The molecule has 0 radical (unpaired) electrons. The largest absolute Gasteiger partial charge is 0.494 e. The molecule has 0 fully saturated rings. The highest BCUT2D eigenvalue weighted by Gasteiger charge is 2.15. The molecule has 0 heterocycles. The molecule has 0 aliphatic heterocycles. The summed E-state index contributed by atoms with van der Waals surface area (Å²) in [6.45, 7) is 1.58. The molecule has 0 unspecified atom stereocenters. The summed E-state index contributed by atoms with van der Waals surface area (Å²) in [7, 11) is 1.32. The highest BCUT2D eigenvalue weighted by Crippen LogP contribution is 2.09. The number of esters is 1. The van der Waals surface area contributed by atoms with Crippen LogP contribution in [0.15, 0.2) is 30.3 Å². The van der Waals surface area contributed by atoms with Gasteiger partial charge in [0.15, 0.2) is 0 Å². The Balaban J connectivity index is 2.34. The van der Waals surface area contributed by atoms with Gasteiger partial charge in [-0.25, -0.2) is 0 Å². The summed E-state index contributed by atoms with van der Waals surface area (Å²) in [5.41, 5.74) is 0. The van der Waals surface area contributed by atoms with E-state index in [9.17, 15) is 9.59 Å². The van der Waals surface area contributed by atoms with Crippen LogP contribution in [0.5, 0.6) is 5.75 Å². The smallest absolute Gasteiger partial charge is 0.307 e. The van der Waals surface area contributed by atoms with Crippen LogP contribution in [0, 0.1) is 0 Å². The average Bonchev–Trinajstić information content (AvgIpc) is 2.65. The molecule has 0 aliphatic carbocycles. The van der Waals surface area contributed by atoms with Crippen LogP contribution in [0.2, 0.25) is 0 Å². The van der Waals surface area contributed by atoms with Crippen molar-refractivity contribution < 1.29 is 28.9 Å². The molecule has 0 spiro atoms. The van der Waals surface area contributed by atoms with Crippen LogP contribution >= 0.6 is 0 Å². The monoisotopic (exact) mass is 353 g/mol. The van der Waals surface area contributed by atoms with Gasteiger partial charge in [0.25, 0.3) is 0 Å². The number of carbonyl (C=O) groups is 2. The summed E-state index contributed by atoms with van der Waals surface area (Å²) < 4.78 is 15.4. The first-order valence-corrected chi connectivity index (χ1v) is 8.38. The zero-order valence-electron chi connectivity index (χ0n) is 14.7. The highest BCUT2D eigenvalue weighted by atomic mass is 16.5. The van der Waals surface area contributed by atoms with Gasteiger partial charge in [-0.1, -0.05) is 18.2 Å². The zero-order valence-corrected chi connectivity index (χ0v) is 14.7. The van der Waals surface area contributed by atoms with Crippen molar-refractivity contribution in [3.63, 3.8) is 0 Å². The second kappa shape index (κ2) is 13.2. The lowest BCUT2D eigenvalue weighted by Gasteiger charge is -2.22. The van der Waals surface area contributed by atoms with Crippen LogP contribution in [-0.2, 0) is 19.1 Å². The van der Waals surface area contributed by atoms with Crippen LogP contribution in [-0.4, -0.2) is 68.5 Å². The van der Waals surface area contributed by atoms with Crippen molar-refractivity contribution in [2.24, 2.45) is 0 Å². The first kappa shape index (κ1) is 20.9. The van der Waals surface area contributed by atoms with Crippen LogP contribution in [0.4, 0.5) is 0 Å². The maximum Gasteiger partial charge on any atom is 0.307 e. The molecule has 0 saturated carbocycles. The Morgan fingerprint density at radius 1 is 1.04 bits per heavy atom. The molecule has 1 N–H and O–H groups in total. The Hall–Kier alpha value is -2.12. The normalized spacial score (nSPS) is 10.3. The second-order valence-corrected chi connectivity index (χ2v) is 5.31. The molecular formula is C18H27NO6. The van der Waals surface area contributed by atoms with Gasteiger partial charge in [0.05, 0.1) is 40.0 Å². The van der Waals surface area contributed by atoms with E-state index in [1.54, 1.807) is 4.90 Å². The third-order valence-electron chi connectivity index (χ3n) is 3.45. The lowest BCUT2D eigenvalue weighted by molar-refractivity contribution is -0.142. The third-order valence-corrected chi connectivity index (χ3v) is 3.45. The van der Waals surface area contributed by atoms with Crippen molar-refractivity contribution in [3.05, 3.63) is 30.3 Å². The Morgan fingerprint density at radius 3 is 2.48 bits per heavy atom. The molecule has 1 aromatic carbocycles. The number of nitrogens with zero attached hydrogens (tertiary/aromatic N) is 1. The molecule has 0 bridgehead atoms. The minimum Gasteiger partial charge on any atom is -0.494 e. The maximum atomic E-state index is 12.3. The quantitative estimate of drug-likeness (QED) is 0.424. The van der Waals surface area contributed by atoms with Crippen molar-refractivity contribution in [1.82, 2.24) is 4.90 Å². The molecular weight excluding hydrogens is 326 g/mol. The van der Waals surface area contributed by atoms with E-state index in [2.05, 4.69) is 4.74 Å². The van der Waals surface area contributed by atoms with Gasteiger partial charge >= 0.3 is 5.97 Å². The number of amides is 1. The maximum absolute atomic E-state index is 12.3. The Kier molecular flexibility index (Phi) is 11.0. The predicted octanol–water partition coefficient (Wildman–Crippen LogP) is 1.25. The molecule has 7 nitrogen and oxygen atoms in total. The molecule has 1 rings (SSSR count). The van der Waals surface area contributed by atoms with Crippen LogP contribution < -0.4 is 4.74 Å². The Labute approximate surface area is 148 Å². The topological polar surface area (TPSA) is 85.3 Å². The van der Waals surface area contributed by atoms with Gasteiger partial charge < -0.3 is 24.2 Å². The SMILES string of the molecule is COC(=O)CCN(CCOCCO)C(=O)CCCOc1ccccc1. The highest BCUT2D eigenvalue weighted by molar-refractivity contribution is 5.77. The molecule has 0 saturated heterocycles. The number of para-hydroxylation sites is 1. The zero-order chi connectivity index (χ0) is 18.3. The number of aliphatic hydroxyl groups excluding tert-OH is 1. The molecule has 0 aliphatic rings. The molecule has 7 heteroatoms. The van der Waals surface area contributed by atoms with E-state index in [-0.39, 0.29) is 38.1 Å². The number of benzene rings is 1. The van der Waals surface area contributed by atoms with E-state index >= 15 is 0 Å². The second-order valence-electron chi connectivity index (χ2n) is 5.31. The van der Waals surface area contributed by atoms with Gasteiger partial charge in [-0.3, -0.25) is 9.59 Å². The number of carbonyl (C=O) groups excluding carboxylic acids is 2. The van der Waals surface area contributed by atoms with Gasteiger partial charge in [0.2, 0.25) is 5.91 Å². The minimum absolute atomic E-state index is 0.0619. The van der Waals surface area contributed by atoms with Gasteiger partial charge in [0.1, 0.15) is 5.75 Å². The lowest BCUT2D eigenvalue weighted by Crippen LogP contribution is -2.36. The first-order valence-electron chi connectivity index (χ1n) is 8.38. The van der Waals surface area contributed by atoms with Crippen molar-refractivity contribution in [2.45, 2.75) is 19.3 Å². The summed E-state index contributed by atoms with van der Waals surface area (Å²) in [4.78, 5) is 25.2. The molecule has 1 aromatic rings. The number of ether oxygens (including phenoxy) is 3. The van der Waals surface area contributed by atoms with E-state index < -0.39 is 0 Å². The summed E-state index contributed by atoms with van der Waals surface area (Å²) in [5.74, 6) is 0.351. The number of methoxy groups -OCH3 is 1. The summed E-state index contributed by atoms with van der Waals surface area (Å²) in [6.07, 6.45) is 1.05. The van der Waals surface area contributed by atoms with Crippen molar-refractivity contribution in [2.75, 3.05) is 46.6 Å². The fourth-order valence-corrected chi connectivity index (χ4v) is 2.12. The van der Waals surface area contributed by atoms with E-state index in [0.717, 1.165) is 5.75 Å². The summed E-state index contributed by atoms with van der Waals surface area (Å²) in [6, 6.07) is 9.42. The Morgan fingerprint density at radius 2 is 1.80 bits per heavy atom. The lowest BCUT2D eigenvalue weighted by atomic mass is 10.2. The van der Waals surface area contributed by atoms with E-state index in [1.165, 1.54) is 7.11 Å². The van der Waals surface area contributed by atoms with E-state index in [1.807, 2.05) is 30.3 Å². The molecule has 1 amide bonds. The third kappa shape index (κ3) is 9.69. The standard InChI is InChI=1S/C18H27NO6/c1-23-18(22)9-10-19(11-14-24-15-12-20)17(21)8-5-13-25-16-6-3-2-4-7-16/h2-4,6-7,20H,5,8-15H2,1H3. The average molecular weight is 353 g/mol. The van der Waals surface area contributed by atoms with Crippen LogP contribution in [0.25, 0.3) is 0 Å². The Bertz CT molecular complexity index is 494. The van der Waals surface area contributed by atoms with Gasteiger partial charge in [-0.05, 0) is 18.6 Å². The minimum atomic E-state index is -0.360. The van der Waals surface area contributed by atoms with Crippen LogP contribution in [0.3, 0.4) is 0 Å². The van der Waals surface area contributed by atoms with E-state index in [0.29, 0.717) is 32.6 Å². The summed E-state index contributed by atoms with van der Waals surface area (Å²) in [5, 5.41) is 8.71. The van der Waals surface area contributed by atoms with Gasteiger partial charge in [-0.2, -0.15) is 0 Å². The first-order chi connectivity index (χ1) is 12.2. The molecule has 25 heavy (non-hydrogen) atoms. The fraction of sp³-hybridized carbons (Fsp3) is 0.556. The van der Waals surface area contributed by atoms with Crippen molar-refractivity contribution >= 4 is 11.9 Å². The van der Waals surface area contributed by atoms with E-state index in [4.69, 9.17) is 14.6 Å². The number of hydrogen-bond acceptors (Lipinski definition) is 6. The van der Waals surface area contributed by atoms with Crippen molar-refractivity contribution in [1.29, 1.82) is 0 Å². The summed E-state index contributed by atoms with van der Waals surface area (Å²) >= 11 is 0.